The molecule has 10 heteroatoms. The molecule has 0 amide bonds. The lowest BCUT2D eigenvalue weighted by Gasteiger charge is -2.04. The van der Waals surface area contributed by atoms with Gasteiger partial charge >= 0.3 is 29.8 Å². The maximum absolute atomic E-state index is 11.6. The first-order valence-electron chi connectivity index (χ1n) is 20.9. The van der Waals surface area contributed by atoms with Gasteiger partial charge in [-0.15, -0.1) is 0 Å². The minimum absolute atomic E-state index is 0.284. The predicted octanol–water partition coefficient (Wildman–Crippen LogP) is 12.4. The van der Waals surface area contributed by atoms with Crippen LogP contribution in [0.4, 0.5) is 0 Å². The van der Waals surface area contributed by atoms with Crippen molar-refractivity contribution in [1.29, 1.82) is 0 Å². The topological polar surface area (TPSA) is 132 Å². The van der Waals surface area contributed by atoms with E-state index in [0.29, 0.717) is 36.1 Å². The van der Waals surface area contributed by atoms with Crippen molar-refractivity contribution in [1.82, 2.24) is 0 Å². The van der Waals surface area contributed by atoms with E-state index in [2.05, 4.69) is 46.9 Å². The van der Waals surface area contributed by atoms with E-state index in [9.17, 15) is 24.0 Å². The van der Waals surface area contributed by atoms with Crippen LogP contribution in [0, 0.1) is 0 Å². The number of benzene rings is 2. The maximum Gasteiger partial charge on any atom is 0.386 e. The van der Waals surface area contributed by atoms with Crippen molar-refractivity contribution < 1.29 is 48.3 Å². The summed E-state index contributed by atoms with van der Waals surface area (Å²) in [5, 5.41) is 0. The molecule has 0 aliphatic carbocycles. The van der Waals surface area contributed by atoms with Gasteiger partial charge in [-0.1, -0.05) is 173 Å². The highest BCUT2D eigenvalue weighted by molar-refractivity contribution is 5.92. The summed E-state index contributed by atoms with van der Waals surface area (Å²) in [6.45, 7) is 12.1. The van der Waals surface area contributed by atoms with Crippen LogP contribution >= 0.6 is 0 Å². The summed E-state index contributed by atoms with van der Waals surface area (Å²) < 4.78 is 4.81. The van der Waals surface area contributed by atoms with Crippen LogP contribution in [0.15, 0.2) is 72.8 Å². The van der Waals surface area contributed by atoms with E-state index in [0.717, 1.165) is 51.4 Å². The highest BCUT2D eigenvalue weighted by Gasteiger charge is 2.13. The Hall–Kier alpha value is -4.47. The van der Waals surface area contributed by atoms with Crippen LogP contribution in [0.2, 0.25) is 0 Å². The quantitative estimate of drug-likeness (QED) is 0.0299. The van der Waals surface area contributed by atoms with Crippen LogP contribution in [-0.4, -0.2) is 36.5 Å². The molecule has 2 aromatic carbocycles. The second-order valence-corrected chi connectivity index (χ2v) is 13.8. The molecule has 0 saturated carbocycles. The van der Waals surface area contributed by atoms with Crippen molar-refractivity contribution in [2.24, 2.45) is 0 Å². The van der Waals surface area contributed by atoms with Crippen molar-refractivity contribution >= 4 is 29.8 Å². The fourth-order valence-electron chi connectivity index (χ4n) is 5.09. The summed E-state index contributed by atoms with van der Waals surface area (Å²) >= 11 is 0. The second kappa shape index (κ2) is 37.5. The summed E-state index contributed by atoms with van der Waals surface area (Å²) in [6, 6.07) is 16.6. The fraction of sp³-hybridized carbons (Fsp3) is 0.587. The molecule has 10 nitrogen and oxygen atoms in total. The van der Waals surface area contributed by atoms with Gasteiger partial charge in [0.2, 0.25) is 0 Å². The minimum atomic E-state index is -0.708. The molecule has 0 spiro atoms. The van der Waals surface area contributed by atoms with Gasteiger partial charge in [0.1, 0.15) is 0 Å². The number of carbonyl (C=O) groups is 5. The number of rotatable bonds is 26. The average Bonchev–Trinajstić information content (AvgIpc) is 3.21. The Balaban J connectivity index is 0.000000913. The molecule has 2 aromatic rings. The van der Waals surface area contributed by atoms with Gasteiger partial charge in [-0.2, -0.15) is 0 Å². The summed E-state index contributed by atoms with van der Waals surface area (Å²) in [4.78, 5) is 75.0. The van der Waals surface area contributed by atoms with Crippen LogP contribution in [0.3, 0.4) is 0 Å². The molecular weight excluding hydrogens is 712 g/mol. The fourth-order valence-corrected chi connectivity index (χ4v) is 5.09. The van der Waals surface area contributed by atoms with Gasteiger partial charge in [-0.05, 0) is 50.5 Å². The Morgan fingerprint density at radius 2 is 0.768 bits per heavy atom. The maximum atomic E-state index is 11.6. The zero-order valence-electron chi connectivity index (χ0n) is 34.8. The lowest BCUT2D eigenvalue weighted by atomic mass is 10.1. The van der Waals surface area contributed by atoms with Gasteiger partial charge in [0, 0.05) is 5.57 Å². The van der Waals surface area contributed by atoms with Crippen LogP contribution in [0.25, 0.3) is 0 Å². The van der Waals surface area contributed by atoms with Crippen LogP contribution in [0.1, 0.15) is 190 Å². The molecule has 56 heavy (non-hydrogen) atoms. The third-order valence-corrected chi connectivity index (χ3v) is 8.49. The van der Waals surface area contributed by atoms with Crippen LogP contribution < -0.4 is 0 Å². The Kier molecular flexibility index (Phi) is 34.5. The first kappa shape index (κ1) is 51.5. The summed E-state index contributed by atoms with van der Waals surface area (Å²) in [5.74, 6) is -2.56. The first-order chi connectivity index (χ1) is 27.2. The predicted molar refractivity (Wildman–Crippen MR) is 220 cm³/mol. The molecule has 0 aliphatic rings. The summed E-state index contributed by atoms with van der Waals surface area (Å²) in [6.07, 6.45) is 24.3. The smallest absolute Gasteiger partial charge is 0.386 e. The molecule has 0 unspecified atom stereocenters. The van der Waals surface area contributed by atoms with E-state index in [1.165, 1.54) is 77.0 Å². The SMILES string of the molecule is C=C(C)C(=O)OCCCC.CCCCCCCCCCCC(=O)OOC(=O)CCCCCCCCCCC.O=C(OOC(=O)c1ccccc1)c1ccccc1. The monoisotopic (exact) mass is 782 g/mol. The Labute approximate surface area is 336 Å². The molecule has 0 saturated heterocycles. The zero-order chi connectivity index (χ0) is 41.5. The molecular formula is C46H70O10. The van der Waals surface area contributed by atoms with E-state index >= 15 is 0 Å². The van der Waals surface area contributed by atoms with E-state index in [1.54, 1.807) is 67.6 Å². The third kappa shape index (κ3) is 31.8. The van der Waals surface area contributed by atoms with Crippen molar-refractivity contribution in [2.75, 3.05) is 6.61 Å². The lowest BCUT2D eigenvalue weighted by molar-refractivity contribution is -0.259. The number of hydrogen-bond acceptors (Lipinski definition) is 10. The molecule has 0 bridgehead atoms. The van der Waals surface area contributed by atoms with Crippen LogP contribution in [0.5, 0.6) is 0 Å². The van der Waals surface area contributed by atoms with Gasteiger partial charge in [0.15, 0.2) is 0 Å². The number of esters is 1. The molecule has 2 rings (SSSR count). The second-order valence-electron chi connectivity index (χ2n) is 13.8. The van der Waals surface area contributed by atoms with Gasteiger partial charge < -0.3 is 4.74 Å². The van der Waals surface area contributed by atoms with Gasteiger partial charge in [-0.25, -0.2) is 43.5 Å². The molecule has 0 N–H and O–H groups in total. The van der Waals surface area contributed by atoms with Gasteiger partial charge in [0.05, 0.1) is 30.6 Å². The van der Waals surface area contributed by atoms with E-state index in [1.807, 2.05) is 0 Å². The van der Waals surface area contributed by atoms with Crippen molar-refractivity contribution in [2.45, 2.75) is 169 Å². The molecule has 0 atom stereocenters. The zero-order valence-corrected chi connectivity index (χ0v) is 34.8. The normalized spacial score (nSPS) is 10.1. The number of carbonyl (C=O) groups excluding carboxylic acids is 5. The van der Waals surface area contributed by atoms with Gasteiger partial charge in [0.25, 0.3) is 0 Å². The summed E-state index contributed by atoms with van der Waals surface area (Å²) in [7, 11) is 0. The molecule has 0 aromatic heterocycles. The van der Waals surface area contributed by atoms with Gasteiger partial charge in [-0.3, -0.25) is 0 Å². The molecule has 0 heterocycles. The molecule has 0 radical (unpaired) electrons. The minimum Gasteiger partial charge on any atom is -0.462 e. The highest BCUT2D eigenvalue weighted by atomic mass is 17.2. The first-order valence-corrected chi connectivity index (χ1v) is 20.9. The summed E-state index contributed by atoms with van der Waals surface area (Å²) in [5.41, 5.74) is 1.10. The molecule has 0 fully saturated rings. The van der Waals surface area contributed by atoms with Crippen molar-refractivity contribution in [3.63, 3.8) is 0 Å². The van der Waals surface area contributed by atoms with Crippen LogP contribution in [-0.2, 0) is 38.7 Å². The number of hydrogen-bond donors (Lipinski definition) is 0. The largest absolute Gasteiger partial charge is 0.462 e. The van der Waals surface area contributed by atoms with E-state index < -0.39 is 23.9 Å². The standard InChI is InChI=1S/C24H46O4.C14H10O4.C8H14O2/c1-3-5-7-9-11-13-15-17-19-21-23(25)27-28-24(26)22-20-18-16-14-12-10-8-6-4-2;15-13(11-7-3-1-4-8-11)17-18-14(16)12-9-5-2-6-10-12;1-4-5-6-10-8(9)7(2)3/h3-22H2,1-2H3;1-10H;2,4-6H2,1,3H3. The lowest BCUT2D eigenvalue weighted by Crippen LogP contribution is -2.11. The molecule has 0 aliphatic heterocycles. The Morgan fingerprint density at radius 1 is 0.446 bits per heavy atom. The third-order valence-electron chi connectivity index (χ3n) is 8.49. The Bertz CT molecular complexity index is 1220. The van der Waals surface area contributed by atoms with Crippen molar-refractivity contribution in [3.05, 3.63) is 83.9 Å². The van der Waals surface area contributed by atoms with E-state index in [-0.39, 0.29) is 5.97 Å². The highest BCUT2D eigenvalue weighted by Crippen LogP contribution is 2.13. The number of unbranched alkanes of at least 4 members (excludes halogenated alkanes) is 17. The van der Waals surface area contributed by atoms with E-state index in [4.69, 9.17) is 4.74 Å². The average molecular weight is 783 g/mol. The Morgan fingerprint density at radius 3 is 1.09 bits per heavy atom. The molecule has 314 valence electrons. The number of ether oxygens (including phenoxy) is 1. The van der Waals surface area contributed by atoms with Crippen molar-refractivity contribution in [3.8, 4) is 0 Å².